The van der Waals surface area contributed by atoms with Crippen LogP contribution in [-0.4, -0.2) is 40.7 Å². The van der Waals surface area contributed by atoms with Crippen LogP contribution in [-0.2, 0) is 4.74 Å². The molecule has 1 N–H and O–H groups in total. The van der Waals surface area contributed by atoms with Gasteiger partial charge in [-0.3, -0.25) is 4.98 Å². The van der Waals surface area contributed by atoms with E-state index < -0.39 is 5.97 Å². The maximum absolute atomic E-state index is 12.5. The Hall–Kier alpha value is -3.42. The smallest absolute Gasteiger partial charge is 0.341 e. The Morgan fingerprint density at radius 3 is 2.36 bits per heavy atom. The van der Waals surface area contributed by atoms with Gasteiger partial charge in [-0.2, -0.15) is 0 Å². The molecule has 3 heterocycles. The van der Waals surface area contributed by atoms with Crippen molar-refractivity contribution in [3.05, 3.63) is 42.2 Å². The van der Waals surface area contributed by atoms with Crippen LogP contribution in [0.2, 0.25) is 0 Å². The lowest BCUT2D eigenvalue weighted by Crippen LogP contribution is -2.10. The molecular formula is C20H22N4O4. The van der Waals surface area contributed by atoms with Crippen molar-refractivity contribution >= 4 is 28.4 Å². The molecule has 3 aromatic heterocycles. The van der Waals surface area contributed by atoms with E-state index in [1.807, 2.05) is 19.9 Å². The number of carbonyl (C=O) groups is 1. The van der Waals surface area contributed by atoms with Gasteiger partial charge in [0.2, 0.25) is 11.8 Å². The average Bonchev–Trinajstić information content (AvgIpc) is 2.70. The number of ether oxygens (including phenoxy) is 3. The number of rotatable bonds is 8. The summed E-state index contributed by atoms with van der Waals surface area (Å²) < 4.78 is 16.0. The summed E-state index contributed by atoms with van der Waals surface area (Å²) in [5.74, 6) is 0.489. The second-order valence-corrected chi connectivity index (χ2v) is 5.66. The van der Waals surface area contributed by atoms with Gasteiger partial charge in [0, 0.05) is 18.3 Å². The Morgan fingerprint density at radius 2 is 1.68 bits per heavy atom. The average molecular weight is 382 g/mol. The largest absolute Gasteiger partial charge is 0.478 e. The lowest BCUT2D eigenvalue weighted by molar-refractivity contribution is 0.0527. The molecule has 8 heteroatoms. The molecule has 146 valence electrons. The number of pyridine rings is 3. The van der Waals surface area contributed by atoms with Crippen molar-refractivity contribution in [1.82, 2.24) is 15.0 Å². The van der Waals surface area contributed by atoms with E-state index in [1.165, 1.54) is 6.20 Å². The lowest BCUT2D eigenvalue weighted by Gasteiger charge is -2.14. The SMILES string of the molecule is CCOC(=O)c1cnc2ccc(OCC)nc2c1Nc1ccc(OCC)nc1. The molecule has 0 aromatic carbocycles. The fourth-order valence-electron chi connectivity index (χ4n) is 2.60. The molecule has 0 aliphatic rings. The van der Waals surface area contributed by atoms with Gasteiger partial charge in [-0.05, 0) is 32.9 Å². The molecule has 0 saturated carbocycles. The van der Waals surface area contributed by atoms with E-state index in [1.54, 1.807) is 31.3 Å². The molecule has 0 unspecified atom stereocenters. The van der Waals surface area contributed by atoms with E-state index in [-0.39, 0.29) is 12.2 Å². The first-order chi connectivity index (χ1) is 13.7. The fraction of sp³-hybridized carbons (Fsp3) is 0.300. The van der Waals surface area contributed by atoms with Crippen molar-refractivity contribution in [3.8, 4) is 11.8 Å². The van der Waals surface area contributed by atoms with Crippen molar-refractivity contribution in [1.29, 1.82) is 0 Å². The summed E-state index contributed by atoms with van der Waals surface area (Å²) in [7, 11) is 0. The van der Waals surface area contributed by atoms with Gasteiger partial charge in [0.1, 0.15) is 11.1 Å². The number of esters is 1. The maximum atomic E-state index is 12.5. The normalized spacial score (nSPS) is 10.5. The van der Waals surface area contributed by atoms with E-state index >= 15 is 0 Å². The summed E-state index contributed by atoms with van der Waals surface area (Å²) in [6.07, 6.45) is 3.10. The van der Waals surface area contributed by atoms with Crippen LogP contribution in [0.5, 0.6) is 11.8 Å². The van der Waals surface area contributed by atoms with E-state index in [0.717, 1.165) is 0 Å². The molecule has 0 spiro atoms. The van der Waals surface area contributed by atoms with Crippen LogP contribution in [0, 0.1) is 0 Å². The van der Waals surface area contributed by atoms with Gasteiger partial charge in [0.15, 0.2) is 0 Å². The Labute approximate surface area is 162 Å². The van der Waals surface area contributed by atoms with Gasteiger partial charge in [-0.15, -0.1) is 0 Å². The topological polar surface area (TPSA) is 95.5 Å². The third-order valence-corrected chi connectivity index (χ3v) is 3.77. The highest BCUT2D eigenvalue weighted by Crippen LogP contribution is 2.30. The van der Waals surface area contributed by atoms with Crippen molar-refractivity contribution in [2.45, 2.75) is 20.8 Å². The Bertz CT molecular complexity index is 960. The van der Waals surface area contributed by atoms with Crippen molar-refractivity contribution in [2.24, 2.45) is 0 Å². The molecule has 0 aliphatic heterocycles. The van der Waals surface area contributed by atoms with Crippen LogP contribution in [0.25, 0.3) is 11.0 Å². The number of carbonyl (C=O) groups excluding carboxylic acids is 1. The number of fused-ring (bicyclic) bond motifs is 1. The molecule has 0 fully saturated rings. The molecule has 0 atom stereocenters. The van der Waals surface area contributed by atoms with Gasteiger partial charge in [0.25, 0.3) is 0 Å². The van der Waals surface area contributed by atoms with Crippen molar-refractivity contribution in [3.63, 3.8) is 0 Å². The first kappa shape index (κ1) is 19.3. The van der Waals surface area contributed by atoms with Crippen LogP contribution < -0.4 is 14.8 Å². The molecule has 3 rings (SSSR count). The highest BCUT2D eigenvalue weighted by atomic mass is 16.5. The van der Waals surface area contributed by atoms with Crippen LogP contribution in [0.3, 0.4) is 0 Å². The van der Waals surface area contributed by atoms with Gasteiger partial charge in [-0.25, -0.2) is 14.8 Å². The predicted octanol–water partition coefficient (Wildman–Crippen LogP) is 3.74. The minimum absolute atomic E-state index is 0.257. The van der Waals surface area contributed by atoms with Gasteiger partial charge in [-0.1, -0.05) is 0 Å². The Balaban J connectivity index is 2.07. The standard InChI is InChI=1S/C20H22N4O4/c1-4-26-16-9-7-13(11-22-16)23-18-14(20(25)28-6-3)12-21-15-8-10-17(27-5-2)24-19(15)18/h7-12H,4-6H2,1-3H3,(H,21,23). The number of anilines is 2. The molecule has 0 bridgehead atoms. The monoisotopic (exact) mass is 382 g/mol. The molecular weight excluding hydrogens is 360 g/mol. The quantitative estimate of drug-likeness (QED) is 0.589. The zero-order chi connectivity index (χ0) is 19.9. The van der Waals surface area contributed by atoms with E-state index in [4.69, 9.17) is 14.2 Å². The van der Waals surface area contributed by atoms with Gasteiger partial charge in [0.05, 0.1) is 42.9 Å². The Kier molecular flexibility index (Phi) is 6.21. The van der Waals surface area contributed by atoms with Crippen LogP contribution in [0.1, 0.15) is 31.1 Å². The maximum Gasteiger partial charge on any atom is 0.341 e. The molecule has 0 saturated heterocycles. The summed E-state index contributed by atoms with van der Waals surface area (Å²) >= 11 is 0. The van der Waals surface area contributed by atoms with Crippen LogP contribution >= 0.6 is 0 Å². The number of hydrogen-bond acceptors (Lipinski definition) is 8. The highest BCUT2D eigenvalue weighted by molar-refractivity contribution is 6.04. The van der Waals surface area contributed by atoms with E-state index in [0.29, 0.717) is 47.4 Å². The fourth-order valence-corrected chi connectivity index (χ4v) is 2.60. The third-order valence-electron chi connectivity index (χ3n) is 3.77. The summed E-state index contributed by atoms with van der Waals surface area (Å²) in [6.45, 7) is 6.80. The van der Waals surface area contributed by atoms with Crippen LogP contribution in [0.4, 0.5) is 11.4 Å². The molecule has 0 aliphatic carbocycles. The highest BCUT2D eigenvalue weighted by Gasteiger charge is 2.19. The minimum atomic E-state index is -0.484. The predicted molar refractivity (Wildman–Crippen MR) is 105 cm³/mol. The summed E-state index contributed by atoms with van der Waals surface area (Å²) in [6, 6.07) is 7.10. The summed E-state index contributed by atoms with van der Waals surface area (Å²) in [5, 5.41) is 3.22. The first-order valence-electron chi connectivity index (χ1n) is 9.11. The van der Waals surface area contributed by atoms with Crippen molar-refractivity contribution < 1.29 is 19.0 Å². The van der Waals surface area contributed by atoms with Gasteiger partial charge < -0.3 is 19.5 Å². The zero-order valence-corrected chi connectivity index (χ0v) is 16.1. The summed E-state index contributed by atoms with van der Waals surface area (Å²) in [5.41, 5.74) is 2.56. The van der Waals surface area contributed by atoms with E-state index in [2.05, 4.69) is 20.3 Å². The second kappa shape index (κ2) is 8.98. The molecule has 8 nitrogen and oxygen atoms in total. The molecule has 28 heavy (non-hydrogen) atoms. The Morgan fingerprint density at radius 1 is 0.929 bits per heavy atom. The van der Waals surface area contributed by atoms with E-state index in [9.17, 15) is 4.79 Å². The lowest BCUT2D eigenvalue weighted by atomic mass is 10.1. The first-order valence-corrected chi connectivity index (χ1v) is 9.11. The second-order valence-electron chi connectivity index (χ2n) is 5.66. The summed E-state index contributed by atoms with van der Waals surface area (Å²) in [4.78, 5) is 25.5. The third kappa shape index (κ3) is 4.28. The molecule has 3 aromatic rings. The van der Waals surface area contributed by atoms with Crippen molar-refractivity contribution in [2.75, 3.05) is 25.1 Å². The minimum Gasteiger partial charge on any atom is -0.478 e. The van der Waals surface area contributed by atoms with Gasteiger partial charge >= 0.3 is 5.97 Å². The number of nitrogens with one attached hydrogen (secondary N) is 1. The number of aromatic nitrogens is 3. The molecule has 0 amide bonds. The number of nitrogens with zero attached hydrogens (tertiary/aromatic N) is 3. The zero-order valence-electron chi connectivity index (χ0n) is 16.1. The molecule has 0 radical (unpaired) electrons. The number of hydrogen-bond donors (Lipinski definition) is 1. The van der Waals surface area contributed by atoms with Crippen LogP contribution in [0.15, 0.2) is 36.7 Å².